The van der Waals surface area contributed by atoms with Crippen LogP contribution in [0, 0.1) is 17.3 Å². The van der Waals surface area contributed by atoms with E-state index >= 15 is 0 Å². The van der Waals surface area contributed by atoms with Gasteiger partial charge in [-0.2, -0.15) is 0 Å². The summed E-state index contributed by atoms with van der Waals surface area (Å²) in [5, 5.41) is 10.2. The van der Waals surface area contributed by atoms with E-state index in [2.05, 4.69) is 39.8 Å². The van der Waals surface area contributed by atoms with Gasteiger partial charge in [-0.1, -0.05) is 39.8 Å². The van der Waals surface area contributed by atoms with Gasteiger partial charge in [0.25, 0.3) is 0 Å². The molecule has 0 fully saturated rings. The van der Waals surface area contributed by atoms with Crippen molar-refractivity contribution < 1.29 is 5.11 Å². The van der Waals surface area contributed by atoms with E-state index in [0.29, 0.717) is 11.8 Å². The predicted octanol–water partition coefficient (Wildman–Crippen LogP) is 3.39. The predicted molar refractivity (Wildman–Crippen MR) is 61.1 cm³/mol. The normalized spacial score (nSPS) is 27.4. The van der Waals surface area contributed by atoms with E-state index in [9.17, 15) is 5.11 Å². The van der Waals surface area contributed by atoms with Gasteiger partial charge in [0.1, 0.15) is 0 Å². The second-order valence-corrected chi connectivity index (χ2v) is 5.67. The van der Waals surface area contributed by atoms with Gasteiger partial charge in [0.2, 0.25) is 0 Å². The summed E-state index contributed by atoms with van der Waals surface area (Å²) in [5.41, 5.74) is 0.199. The zero-order valence-corrected chi connectivity index (χ0v) is 9.96. The van der Waals surface area contributed by atoms with Crippen LogP contribution in [0.1, 0.15) is 47.0 Å². The zero-order valence-electron chi connectivity index (χ0n) is 9.96. The molecule has 82 valence electrons. The summed E-state index contributed by atoms with van der Waals surface area (Å²) >= 11 is 0. The summed E-state index contributed by atoms with van der Waals surface area (Å²) in [7, 11) is 0. The molecule has 1 N–H and O–H groups in total. The molecule has 14 heavy (non-hydrogen) atoms. The number of allylic oxidation sites excluding steroid dienone is 1. The van der Waals surface area contributed by atoms with Crippen molar-refractivity contribution in [3.63, 3.8) is 0 Å². The van der Waals surface area contributed by atoms with Crippen molar-refractivity contribution in [1.82, 2.24) is 0 Å². The Hall–Kier alpha value is -0.300. The van der Waals surface area contributed by atoms with Crippen molar-refractivity contribution >= 4 is 0 Å². The van der Waals surface area contributed by atoms with Gasteiger partial charge in [0.05, 0.1) is 6.10 Å². The average molecular weight is 196 g/mol. The van der Waals surface area contributed by atoms with Crippen LogP contribution in [0.15, 0.2) is 12.2 Å². The van der Waals surface area contributed by atoms with Gasteiger partial charge in [0, 0.05) is 5.92 Å². The van der Waals surface area contributed by atoms with Gasteiger partial charge in [-0.3, -0.25) is 0 Å². The summed E-state index contributed by atoms with van der Waals surface area (Å²) in [6.07, 6.45) is 7.82. The molecule has 0 aromatic heterocycles. The van der Waals surface area contributed by atoms with Gasteiger partial charge in [-0.25, -0.2) is 0 Å². The first-order valence-electron chi connectivity index (χ1n) is 5.77. The first-order chi connectivity index (χ1) is 6.43. The highest BCUT2D eigenvalue weighted by Gasteiger charge is 2.31. The van der Waals surface area contributed by atoms with Crippen LogP contribution >= 0.6 is 0 Å². The monoisotopic (exact) mass is 196 g/mol. The molecule has 1 aliphatic carbocycles. The fourth-order valence-electron chi connectivity index (χ4n) is 2.01. The van der Waals surface area contributed by atoms with Gasteiger partial charge in [-0.15, -0.1) is 0 Å². The van der Waals surface area contributed by atoms with Crippen molar-refractivity contribution in [2.45, 2.75) is 53.1 Å². The third-order valence-corrected chi connectivity index (χ3v) is 3.61. The third kappa shape index (κ3) is 2.84. The average Bonchev–Trinajstić information content (AvgIpc) is 2.15. The van der Waals surface area contributed by atoms with Gasteiger partial charge < -0.3 is 5.11 Å². The molecule has 1 unspecified atom stereocenters. The van der Waals surface area contributed by atoms with Crippen LogP contribution in [0.25, 0.3) is 0 Å². The van der Waals surface area contributed by atoms with Crippen molar-refractivity contribution in [2.75, 3.05) is 0 Å². The Morgan fingerprint density at radius 1 is 1.36 bits per heavy atom. The lowest BCUT2D eigenvalue weighted by molar-refractivity contribution is 0.0198. The standard InChI is InChI=1S/C13H24O/c1-10(13(2,3)4)12(14)11-8-6-5-7-9-11/h6,8,10-12,14H,5,7,9H2,1-4H3/t10-,11?,12-/m1/s1. The van der Waals surface area contributed by atoms with E-state index in [1.165, 1.54) is 12.8 Å². The number of hydrogen-bond acceptors (Lipinski definition) is 1. The first-order valence-corrected chi connectivity index (χ1v) is 5.77. The Balaban J connectivity index is 2.59. The maximum absolute atomic E-state index is 10.2. The molecule has 0 heterocycles. The minimum absolute atomic E-state index is 0.174. The van der Waals surface area contributed by atoms with Crippen molar-refractivity contribution in [1.29, 1.82) is 0 Å². The summed E-state index contributed by atoms with van der Waals surface area (Å²) in [5.74, 6) is 0.744. The van der Waals surface area contributed by atoms with E-state index in [-0.39, 0.29) is 11.5 Å². The summed E-state index contributed by atoms with van der Waals surface area (Å²) in [4.78, 5) is 0. The van der Waals surface area contributed by atoms with E-state index in [1.54, 1.807) is 0 Å². The minimum Gasteiger partial charge on any atom is -0.392 e. The van der Waals surface area contributed by atoms with Crippen molar-refractivity contribution in [3.8, 4) is 0 Å². The van der Waals surface area contributed by atoms with Crippen LogP contribution in [0.3, 0.4) is 0 Å². The highest BCUT2D eigenvalue weighted by molar-refractivity contribution is 4.98. The molecule has 1 nitrogen and oxygen atoms in total. The minimum atomic E-state index is -0.174. The zero-order chi connectivity index (χ0) is 10.8. The fourth-order valence-corrected chi connectivity index (χ4v) is 2.01. The molecule has 0 spiro atoms. The Bertz CT molecular complexity index is 200. The van der Waals surface area contributed by atoms with Crippen molar-refractivity contribution in [2.24, 2.45) is 17.3 Å². The molecule has 0 saturated heterocycles. The molecule has 0 radical (unpaired) electrons. The van der Waals surface area contributed by atoms with E-state index < -0.39 is 0 Å². The van der Waals surface area contributed by atoms with Gasteiger partial charge >= 0.3 is 0 Å². The van der Waals surface area contributed by atoms with Gasteiger partial charge in [0.15, 0.2) is 0 Å². The molecular weight excluding hydrogens is 172 g/mol. The highest BCUT2D eigenvalue weighted by atomic mass is 16.3. The lowest BCUT2D eigenvalue weighted by Gasteiger charge is -2.35. The Morgan fingerprint density at radius 3 is 2.43 bits per heavy atom. The Morgan fingerprint density at radius 2 is 2.00 bits per heavy atom. The SMILES string of the molecule is C[C@H]([C@@H](O)C1C=CCCC1)C(C)(C)C. The molecule has 1 rings (SSSR count). The number of aliphatic hydroxyl groups is 1. The van der Waals surface area contributed by atoms with Crippen LogP contribution < -0.4 is 0 Å². The first kappa shape index (κ1) is 11.8. The largest absolute Gasteiger partial charge is 0.392 e. The van der Waals surface area contributed by atoms with Crippen LogP contribution in [-0.4, -0.2) is 11.2 Å². The van der Waals surface area contributed by atoms with E-state index in [1.807, 2.05) is 0 Å². The topological polar surface area (TPSA) is 20.2 Å². The molecule has 3 atom stereocenters. The lowest BCUT2D eigenvalue weighted by Crippen LogP contribution is -2.35. The van der Waals surface area contributed by atoms with Gasteiger partial charge in [-0.05, 0) is 30.6 Å². The van der Waals surface area contributed by atoms with Crippen LogP contribution in [-0.2, 0) is 0 Å². The molecule has 0 amide bonds. The Kier molecular flexibility index (Phi) is 3.77. The molecule has 0 bridgehead atoms. The molecule has 1 aliphatic rings. The van der Waals surface area contributed by atoms with Crippen LogP contribution in [0.4, 0.5) is 0 Å². The van der Waals surface area contributed by atoms with E-state index in [4.69, 9.17) is 0 Å². The second-order valence-electron chi connectivity index (χ2n) is 5.67. The maximum atomic E-state index is 10.2. The van der Waals surface area contributed by atoms with Crippen LogP contribution in [0.2, 0.25) is 0 Å². The maximum Gasteiger partial charge on any atom is 0.0633 e. The number of rotatable bonds is 2. The third-order valence-electron chi connectivity index (χ3n) is 3.61. The number of aliphatic hydroxyl groups excluding tert-OH is 1. The molecule has 0 saturated carbocycles. The summed E-state index contributed by atoms with van der Waals surface area (Å²) in [6, 6.07) is 0. The number of hydrogen-bond donors (Lipinski definition) is 1. The molecule has 1 heteroatoms. The fraction of sp³-hybridized carbons (Fsp3) is 0.846. The molecular formula is C13H24O. The highest BCUT2D eigenvalue weighted by Crippen LogP contribution is 2.34. The second kappa shape index (κ2) is 4.48. The quantitative estimate of drug-likeness (QED) is 0.671. The summed E-state index contributed by atoms with van der Waals surface area (Å²) < 4.78 is 0. The summed E-state index contributed by atoms with van der Waals surface area (Å²) in [6.45, 7) is 8.77. The smallest absolute Gasteiger partial charge is 0.0633 e. The van der Waals surface area contributed by atoms with Crippen molar-refractivity contribution in [3.05, 3.63) is 12.2 Å². The molecule has 0 aliphatic heterocycles. The molecule has 0 aromatic rings. The Labute approximate surface area is 88.2 Å². The molecule has 0 aromatic carbocycles. The van der Waals surface area contributed by atoms with Crippen LogP contribution in [0.5, 0.6) is 0 Å². The lowest BCUT2D eigenvalue weighted by atomic mass is 9.73. The van der Waals surface area contributed by atoms with E-state index in [0.717, 1.165) is 6.42 Å².